The Kier molecular flexibility index (Phi) is 3.28. The van der Waals surface area contributed by atoms with Gasteiger partial charge in [0, 0.05) is 12.6 Å². The lowest BCUT2D eigenvalue weighted by Crippen LogP contribution is -2.28. The van der Waals surface area contributed by atoms with Crippen molar-refractivity contribution < 1.29 is 9.53 Å². The Balaban J connectivity index is 3.13. The maximum absolute atomic E-state index is 11.3. The molecule has 80 valence electrons. The zero-order valence-corrected chi connectivity index (χ0v) is 8.65. The zero-order valence-electron chi connectivity index (χ0n) is 8.65. The Labute approximate surface area is 88.0 Å². The Morgan fingerprint density at radius 1 is 1.47 bits per heavy atom. The minimum absolute atomic E-state index is 0.0821. The molecular weight excluding hydrogens is 194 g/mol. The lowest BCUT2D eigenvalue weighted by molar-refractivity contribution is 0.180. The SMILES string of the molecule is COC(=O)N(C)c1ccccc1C(=N)N. The number of ether oxygens (including phenoxy) is 1. The first-order valence-corrected chi connectivity index (χ1v) is 4.33. The van der Waals surface area contributed by atoms with E-state index in [0.29, 0.717) is 11.3 Å². The first kappa shape index (κ1) is 11.0. The van der Waals surface area contributed by atoms with Gasteiger partial charge in [0.2, 0.25) is 0 Å². The molecule has 0 radical (unpaired) electrons. The van der Waals surface area contributed by atoms with Crippen LogP contribution in [0.25, 0.3) is 0 Å². The normalized spacial score (nSPS) is 9.47. The van der Waals surface area contributed by atoms with E-state index in [2.05, 4.69) is 4.74 Å². The van der Waals surface area contributed by atoms with Crippen molar-refractivity contribution in [3.63, 3.8) is 0 Å². The van der Waals surface area contributed by atoms with Crippen LogP contribution in [0.5, 0.6) is 0 Å². The number of anilines is 1. The standard InChI is InChI=1S/C10H13N3O2/c1-13(10(14)15-2)8-6-4-3-5-7(8)9(11)12/h3-6H,1-2H3,(H3,11,12). The minimum Gasteiger partial charge on any atom is -0.452 e. The average Bonchev–Trinajstić information content (AvgIpc) is 2.27. The van der Waals surface area contributed by atoms with Crippen LogP contribution >= 0.6 is 0 Å². The van der Waals surface area contributed by atoms with Crippen molar-refractivity contribution in [3.05, 3.63) is 29.8 Å². The van der Waals surface area contributed by atoms with Crippen LogP contribution in [0.3, 0.4) is 0 Å². The van der Waals surface area contributed by atoms with Crippen molar-refractivity contribution in [2.24, 2.45) is 5.73 Å². The van der Waals surface area contributed by atoms with Crippen LogP contribution in [0, 0.1) is 5.41 Å². The molecule has 1 rings (SSSR count). The Hall–Kier alpha value is -2.04. The molecule has 0 aliphatic rings. The summed E-state index contributed by atoms with van der Waals surface area (Å²) in [5.41, 5.74) is 6.46. The summed E-state index contributed by atoms with van der Waals surface area (Å²) in [5, 5.41) is 7.37. The zero-order chi connectivity index (χ0) is 11.4. The van der Waals surface area contributed by atoms with Crippen LogP contribution in [0.4, 0.5) is 10.5 Å². The lowest BCUT2D eigenvalue weighted by Gasteiger charge is -2.18. The molecule has 15 heavy (non-hydrogen) atoms. The van der Waals surface area contributed by atoms with E-state index in [9.17, 15) is 4.79 Å². The summed E-state index contributed by atoms with van der Waals surface area (Å²) in [6, 6.07) is 6.90. The van der Waals surface area contributed by atoms with E-state index in [0.717, 1.165) is 0 Å². The number of amidine groups is 1. The van der Waals surface area contributed by atoms with E-state index < -0.39 is 6.09 Å². The number of para-hydroxylation sites is 1. The Bertz CT molecular complexity index is 390. The number of hydrogen-bond donors (Lipinski definition) is 2. The lowest BCUT2D eigenvalue weighted by atomic mass is 10.1. The smallest absolute Gasteiger partial charge is 0.413 e. The highest BCUT2D eigenvalue weighted by molar-refractivity contribution is 6.03. The van der Waals surface area contributed by atoms with Gasteiger partial charge in [-0.15, -0.1) is 0 Å². The maximum Gasteiger partial charge on any atom is 0.413 e. The molecule has 0 fully saturated rings. The number of hydrogen-bond acceptors (Lipinski definition) is 3. The van der Waals surface area contributed by atoms with Crippen LogP contribution in [0.2, 0.25) is 0 Å². The molecule has 0 saturated heterocycles. The fraction of sp³-hybridized carbons (Fsp3) is 0.200. The summed E-state index contributed by atoms with van der Waals surface area (Å²) in [6.45, 7) is 0. The van der Waals surface area contributed by atoms with Crippen molar-refractivity contribution in [2.75, 3.05) is 19.1 Å². The van der Waals surface area contributed by atoms with Gasteiger partial charge in [-0.3, -0.25) is 10.3 Å². The molecular formula is C10H13N3O2. The molecule has 0 bridgehead atoms. The second kappa shape index (κ2) is 4.45. The maximum atomic E-state index is 11.3. The molecule has 0 unspecified atom stereocenters. The highest BCUT2D eigenvalue weighted by atomic mass is 16.5. The third kappa shape index (κ3) is 2.25. The number of methoxy groups -OCH3 is 1. The van der Waals surface area contributed by atoms with Gasteiger partial charge in [0.1, 0.15) is 5.84 Å². The molecule has 3 N–H and O–H groups in total. The van der Waals surface area contributed by atoms with Gasteiger partial charge in [0.25, 0.3) is 0 Å². The molecule has 0 heterocycles. The van der Waals surface area contributed by atoms with Crippen LogP contribution in [-0.2, 0) is 4.74 Å². The van der Waals surface area contributed by atoms with Crippen LogP contribution in [-0.4, -0.2) is 26.1 Å². The second-order valence-electron chi connectivity index (χ2n) is 2.96. The molecule has 0 atom stereocenters. The highest BCUT2D eigenvalue weighted by Crippen LogP contribution is 2.18. The number of nitrogens with two attached hydrogens (primary N) is 1. The Morgan fingerprint density at radius 3 is 2.60 bits per heavy atom. The number of benzene rings is 1. The van der Waals surface area contributed by atoms with Crippen LogP contribution < -0.4 is 10.6 Å². The molecule has 5 nitrogen and oxygen atoms in total. The Morgan fingerprint density at radius 2 is 2.07 bits per heavy atom. The first-order valence-electron chi connectivity index (χ1n) is 4.33. The summed E-state index contributed by atoms with van der Waals surface area (Å²) in [7, 11) is 2.86. The van der Waals surface area contributed by atoms with Crippen molar-refractivity contribution in [1.82, 2.24) is 0 Å². The van der Waals surface area contributed by atoms with E-state index >= 15 is 0 Å². The number of amides is 1. The number of nitrogens with zero attached hydrogens (tertiary/aromatic N) is 1. The van der Waals surface area contributed by atoms with Gasteiger partial charge in [0.15, 0.2) is 0 Å². The predicted octanol–water partition coefficient (Wildman–Crippen LogP) is 1.17. The van der Waals surface area contributed by atoms with Crippen molar-refractivity contribution in [3.8, 4) is 0 Å². The van der Waals surface area contributed by atoms with Crippen molar-refractivity contribution in [1.29, 1.82) is 5.41 Å². The fourth-order valence-corrected chi connectivity index (χ4v) is 1.23. The van der Waals surface area contributed by atoms with E-state index in [1.54, 1.807) is 31.3 Å². The quantitative estimate of drug-likeness (QED) is 0.564. The van der Waals surface area contributed by atoms with Crippen LogP contribution in [0.15, 0.2) is 24.3 Å². The molecule has 0 aliphatic heterocycles. The number of nitrogen functional groups attached to an aromatic ring is 1. The predicted molar refractivity (Wildman–Crippen MR) is 58.3 cm³/mol. The fourth-order valence-electron chi connectivity index (χ4n) is 1.23. The van der Waals surface area contributed by atoms with Crippen LogP contribution in [0.1, 0.15) is 5.56 Å². The topological polar surface area (TPSA) is 79.4 Å². The molecule has 0 aromatic heterocycles. The third-order valence-electron chi connectivity index (χ3n) is 2.00. The van der Waals surface area contributed by atoms with Gasteiger partial charge in [-0.1, -0.05) is 12.1 Å². The molecule has 5 heteroatoms. The van der Waals surface area contributed by atoms with Gasteiger partial charge in [-0.2, -0.15) is 0 Å². The molecule has 1 aromatic carbocycles. The molecule has 1 aromatic rings. The number of carbonyl (C=O) groups is 1. The molecule has 0 spiro atoms. The van der Waals surface area contributed by atoms with Crippen molar-refractivity contribution >= 4 is 17.6 Å². The first-order chi connectivity index (χ1) is 7.07. The van der Waals surface area contributed by atoms with E-state index in [1.807, 2.05) is 0 Å². The van der Waals surface area contributed by atoms with Gasteiger partial charge in [-0.05, 0) is 12.1 Å². The summed E-state index contributed by atoms with van der Waals surface area (Å²) < 4.78 is 4.58. The third-order valence-corrected chi connectivity index (χ3v) is 2.00. The van der Waals surface area contributed by atoms with E-state index in [1.165, 1.54) is 12.0 Å². The largest absolute Gasteiger partial charge is 0.452 e. The number of carbonyl (C=O) groups excluding carboxylic acids is 1. The summed E-state index contributed by atoms with van der Waals surface area (Å²) in [5.74, 6) is -0.0821. The summed E-state index contributed by atoms with van der Waals surface area (Å²) >= 11 is 0. The number of rotatable bonds is 2. The van der Waals surface area contributed by atoms with Crippen molar-refractivity contribution in [2.45, 2.75) is 0 Å². The summed E-state index contributed by atoms with van der Waals surface area (Å²) in [6.07, 6.45) is -0.497. The monoisotopic (exact) mass is 207 g/mol. The molecule has 1 amide bonds. The molecule has 0 saturated carbocycles. The molecule has 0 aliphatic carbocycles. The van der Waals surface area contributed by atoms with Gasteiger partial charge < -0.3 is 10.5 Å². The average molecular weight is 207 g/mol. The second-order valence-corrected chi connectivity index (χ2v) is 2.96. The van der Waals surface area contributed by atoms with E-state index in [-0.39, 0.29) is 5.84 Å². The highest BCUT2D eigenvalue weighted by Gasteiger charge is 2.15. The number of nitrogens with one attached hydrogen (secondary N) is 1. The van der Waals surface area contributed by atoms with E-state index in [4.69, 9.17) is 11.1 Å². The van der Waals surface area contributed by atoms with Gasteiger partial charge >= 0.3 is 6.09 Å². The summed E-state index contributed by atoms with van der Waals surface area (Å²) in [4.78, 5) is 12.6. The van der Waals surface area contributed by atoms with Gasteiger partial charge in [0.05, 0.1) is 12.8 Å². The minimum atomic E-state index is -0.497. The van der Waals surface area contributed by atoms with Gasteiger partial charge in [-0.25, -0.2) is 4.79 Å².